The van der Waals surface area contributed by atoms with Crippen LogP contribution >= 0.6 is 9.24 Å². The molecule has 1 aromatic rings. The SMILES string of the molecule is C\C=C/C(=C\C(=C\CC)C1CC1)CN=C(CNC(=O)c1cc(F)cc(P)c1)OC. The van der Waals surface area contributed by atoms with Gasteiger partial charge in [0.1, 0.15) is 5.82 Å². The number of hydrogen-bond donors (Lipinski definition) is 1. The van der Waals surface area contributed by atoms with E-state index in [1.54, 1.807) is 6.07 Å². The smallest absolute Gasteiger partial charge is 0.251 e. The number of aliphatic imine (C=N–C) groups is 1. The number of methoxy groups -OCH3 is 1. The predicted octanol–water partition coefficient (Wildman–Crippen LogP) is 4.35. The maximum absolute atomic E-state index is 13.5. The van der Waals surface area contributed by atoms with E-state index in [2.05, 4.69) is 44.7 Å². The first-order valence-corrected chi connectivity index (χ1v) is 10.5. The third kappa shape index (κ3) is 7.94. The van der Waals surface area contributed by atoms with E-state index in [9.17, 15) is 9.18 Å². The van der Waals surface area contributed by atoms with Gasteiger partial charge >= 0.3 is 0 Å². The number of nitrogens with one attached hydrogen (secondary N) is 1. The minimum absolute atomic E-state index is 0.140. The number of carbonyl (C=O) groups excluding carboxylic acids is 1. The van der Waals surface area contributed by atoms with Crippen molar-refractivity contribution in [3.05, 3.63) is 65.0 Å². The van der Waals surface area contributed by atoms with Gasteiger partial charge in [-0.2, -0.15) is 0 Å². The molecule has 1 unspecified atom stereocenters. The molecule has 1 atom stereocenters. The molecule has 1 saturated carbocycles. The Morgan fingerprint density at radius 1 is 1.38 bits per heavy atom. The monoisotopic (exact) mass is 416 g/mol. The fourth-order valence-corrected chi connectivity index (χ4v) is 3.28. The van der Waals surface area contributed by atoms with Crippen LogP contribution in [0.25, 0.3) is 0 Å². The van der Waals surface area contributed by atoms with Crippen molar-refractivity contribution in [1.29, 1.82) is 0 Å². The molecule has 29 heavy (non-hydrogen) atoms. The summed E-state index contributed by atoms with van der Waals surface area (Å²) in [6.07, 6.45) is 12.1. The van der Waals surface area contributed by atoms with Crippen LogP contribution in [0, 0.1) is 11.7 Å². The summed E-state index contributed by atoms with van der Waals surface area (Å²) in [5, 5.41) is 3.34. The van der Waals surface area contributed by atoms with Crippen molar-refractivity contribution >= 4 is 26.3 Å². The molecule has 0 saturated heterocycles. The number of amides is 1. The molecule has 6 heteroatoms. The van der Waals surface area contributed by atoms with E-state index in [4.69, 9.17) is 4.74 Å². The number of hydrogen-bond acceptors (Lipinski definition) is 3. The van der Waals surface area contributed by atoms with Crippen LogP contribution in [0.2, 0.25) is 0 Å². The van der Waals surface area contributed by atoms with Crippen LogP contribution in [0.1, 0.15) is 43.5 Å². The number of benzene rings is 1. The summed E-state index contributed by atoms with van der Waals surface area (Å²) >= 11 is 0. The van der Waals surface area contributed by atoms with Crippen LogP contribution in [0.3, 0.4) is 0 Å². The lowest BCUT2D eigenvalue weighted by Crippen LogP contribution is -2.31. The molecule has 0 spiro atoms. The highest BCUT2D eigenvalue weighted by Crippen LogP contribution is 2.37. The Bertz CT molecular complexity index is 819. The summed E-state index contributed by atoms with van der Waals surface area (Å²) in [5.74, 6) is 0.275. The fraction of sp³-hybridized carbons (Fsp3) is 0.391. The predicted molar refractivity (Wildman–Crippen MR) is 121 cm³/mol. The van der Waals surface area contributed by atoms with Gasteiger partial charge in [-0.3, -0.25) is 4.79 Å². The highest BCUT2D eigenvalue weighted by molar-refractivity contribution is 7.27. The van der Waals surface area contributed by atoms with Gasteiger partial charge in [0.15, 0.2) is 0 Å². The van der Waals surface area contributed by atoms with Gasteiger partial charge in [-0.1, -0.05) is 31.2 Å². The number of carbonyl (C=O) groups is 1. The fourth-order valence-electron chi connectivity index (χ4n) is 2.94. The molecule has 0 aliphatic heterocycles. The first-order chi connectivity index (χ1) is 14.0. The Kier molecular flexibility index (Phi) is 9.27. The molecule has 4 nitrogen and oxygen atoms in total. The molecule has 1 aliphatic carbocycles. The number of rotatable bonds is 9. The molecular weight excluding hydrogens is 386 g/mol. The second kappa shape index (κ2) is 11.7. The lowest BCUT2D eigenvalue weighted by atomic mass is 10.1. The van der Waals surface area contributed by atoms with Crippen molar-refractivity contribution in [2.75, 3.05) is 20.2 Å². The molecule has 0 aromatic heterocycles. The number of halogens is 1. The summed E-state index contributed by atoms with van der Waals surface area (Å²) in [6, 6.07) is 4.17. The van der Waals surface area contributed by atoms with Crippen LogP contribution < -0.4 is 10.6 Å². The van der Waals surface area contributed by atoms with Gasteiger partial charge in [-0.05, 0) is 66.8 Å². The highest BCUT2D eigenvalue weighted by Gasteiger charge is 2.24. The Balaban J connectivity index is 2.03. The van der Waals surface area contributed by atoms with Crippen LogP contribution in [0.4, 0.5) is 4.39 Å². The molecule has 0 heterocycles. The summed E-state index contributed by atoms with van der Waals surface area (Å²) in [7, 11) is 3.92. The van der Waals surface area contributed by atoms with Crippen molar-refractivity contribution in [1.82, 2.24) is 5.32 Å². The number of ether oxygens (including phenoxy) is 1. The molecule has 2 rings (SSSR count). The minimum Gasteiger partial charge on any atom is -0.483 e. The van der Waals surface area contributed by atoms with Crippen molar-refractivity contribution in [3.8, 4) is 0 Å². The van der Waals surface area contributed by atoms with E-state index in [0.717, 1.165) is 12.0 Å². The van der Waals surface area contributed by atoms with Gasteiger partial charge in [-0.15, -0.1) is 9.24 Å². The van der Waals surface area contributed by atoms with Crippen molar-refractivity contribution < 1.29 is 13.9 Å². The van der Waals surface area contributed by atoms with Crippen LogP contribution in [0.15, 0.2) is 58.6 Å². The van der Waals surface area contributed by atoms with E-state index >= 15 is 0 Å². The largest absolute Gasteiger partial charge is 0.483 e. The Morgan fingerprint density at radius 2 is 2.14 bits per heavy atom. The van der Waals surface area contributed by atoms with Crippen molar-refractivity contribution in [2.24, 2.45) is 10.9 Å². The first kappa shape index (κ1) is 23.0. The van der Waals surface area contributed by atoms with E-state index in [0.29, 0.717) is 23.7 Å². The molecule has 1 fully saturated rings. The van der Waals surface area contributed by atoms with Gasteiger partial charge < -0.3 is 10.1 Å². The highest BCUT2D eigenvalue weighted by atomic mass is 31.0. The molecular formula is C23H30FN2O2P. The van der Waals surface area contributed by atoms with Crippen LogP contribution in [0.5, 0.6) is 0 Å². The molecule has 0 radical (unpaired) electrons. The summed E-state index contributed by atoms with van der Waals surface area (Å²) in [6.45, 7) is 4.73. The summed E-state index contributed by atoms with van der Waals surface area (Å²) < 4.78 is 18.8. The Hall–Kier alpha value is -2.26. The summed E-state index contributed by atoms with van der Waals surface area (Å²) in [5.41, 5.74) is 2.74. The molecule has 1 aromatic carbocycles. The Labute approximate surface area is 175 Å². The van der Waals surface area contributed by atoms with Crippen molar-refractivity contribution in [2.45, 2.75) is 33.1 Å². The van der Waals surface area contributed by atoms with Gasteiger partial charge in [0.2, 0.25) is 5.90 Å². The zero-order valence-electron chi connectivity index (χ0n) is 17.4. The lowest BCUT2D eigenvalue weighted by molar-refractivity contribution is 0.0957. The van der Waals surface area contributed by atoms with E-state index in [1.807, 2.05) is 13.0 Å². The topological polar surface area (TPSA) is 50.7 Å². The average Bonchev–Trinajstić information content (AvgIpc) is 3.52. The van der Waals surface area contributed by atoms with Gasteiger partial charge in [0.05, 0.1) is 20.2 Å². The average molecular weight is 416 g/mol. The normalized spacial score (nSPS) is 15.7. The minimum atomic E-state index is -0.448. The van der Waals surface area contributed by atoms with Crippen LogP contribution in [-0.4, -0.2) is 32.0 Å². The third-order valence-corrected chi connectivity index (χ3v) is 4.81. The second-order valence-electron chi connectivity index (χ2n) is 6.98. The molecule has 1 amide bonds. The van der Waals surface area contributed by atoms with Crippen molar-refractivity contribution in [3.63, 3.8) is 0 Å². The lowest BCUT2D eigenvalue weighted by Gasteiger charge is -2.09. The van der Waals surface area contributed by atoms with Gasteiger partial charge in [0, 0.05) is 5.56 Å². The van der Waals surface area contributed by atoms with E-state index in [1.165, 1.54) is 37.7 Å². The first-order valence-electron chi connectivity index (χ1n) is 9.91. The molecule has 0 bridgehead atoms. The zero-order chi connectivity index (χ0) is 21.2. The molecule has 1 aliphatic rings. The third-order valence-electron chi connectivity index (χ3n) is 4.48. The summed E-state index contributed by atoms with van der Waals surface area (Å²) in [4.78, 5) is 16.8. The maximum Gasteiger partial charge on any atom is 0.251 e. The molecule has 156 valence electrons. The number of nitrogens with zero attached hydrogens (tertiary/aromatic N) is 1. The van der Waals surface area contributed by atoms with E-state index < -0.39 is 5.82 Å². The quantitative estimate of drug-likeness (QED) is 0.282. The van der Waals surface area contributed by atoms with Gasteiger partial charge in [0.25, 0.3) is 5.91 Å². The molecule has 1 N–H and O–H groups in total. The zero-order valence-corrected chi connectivity index (χ0v) is 18.5. The van der Waals surface area contributed by atoms with E-state index in [-0.39, 0.29) is 18.0 Å². The second-order valence-corrected chi connectivity index (χ2v) is 7.64. The standard InChI is InChI=1S/C23H30FN2O2P/c1-4-6-16(10-18(7-5-2)17-8-9-17)14-25-22(28-3)15-26-23(27)19-11-20(24)13-21(29)12-19/h4,6-7,10-13,17H,5,8-9,14-15,29H2,1-3H3,(H,26,27)/b6-4-,16-10+,18-7-,25-22?. The van der Waals surface area contributed by atoms with Crippen LogP contribution in [-0.2, 0) is 4.74 Å². The number of allylic oxidation sites excluding steroid dienone is 4. The van der Waals surface area contributed by atoms with Gasteiger partial charge in [-0.25, -0.2) is 9.38 Å². The Morgan fingerprint density at radius 3 is 2.72 bits per heavy atom. The maximum atomic E-state index is 13.5.